The predicted molar refractivity (Wildman–Crippen MR) is 94.3 cm³/mol. The molecule has 2 aliphatic rings. The molecule has 0 radical (unpaired) electrons. The van der Waals surface area contributed by atoms with Crippen LogP contribution in [0.2, 0.25) is 0 Å². The van der Waals surface area contributed by atoms with Crippen molar-refractivity contribution < 1.29 is 12.8 Å². The molecular formula is C17H22FN5O2S. The summed E-state index contributed by atoms with van der Waals surface area (Å²) in [5, 5.41) is 11.9. The lowest BCUT2D eigenvalue weighted by Crippen LogP contribution is -2.39. The first-order valence-electron chi connectivity index (χ1n) is 8.88. The van der Waals surface area contributed by atoms with E-state index in [2.05, 4.69) is 20.1 Å². The van der Waals surface area contributed by atoms with Gasteiger partial charge in [-0.05, 0) is 30.5 Å². The normalized spacial score (nSPS) is 19.4. The number of fused-ring (bicyclic) bond motifs is 1. The number of nitrogens with one attached hydrogen (secondary N) is 1. The van der Waals surface area contributed by atoms with Crippen LogP contribution in [0, 0.1) is 5.82 Å². The lowest BCUT2D eigenvalue weighted by molar-refractivity contribution is 0.306. The first kappa shape index (κ1) is 17.6. The first-order chi connectivity index (χ1) is 12.5. The molecular weight excluding hydrogens is 357 g/mol. The van der Waals surface area contributed by atoms with Crippen LogP contribution in [-0.2, 0) is 28.9 Å². The van der Waals surface area contributed by atoms with Gasteiger partial charge < -0.3 is 9.88 Å². The van der Waals surface area contributed by atoms with Gasteiger partial charge in [0, 0.05) is 32.1 Å². The third-order valence-electron chi connectivity index (χ3n) is 5.10. The van der Waals surface area contributed by atoms with Crippen LogP contribution in [0.5, 0.6) is 0 Å². The standard InChI is InChI=1S/C17H22FN5O2S/c18-15-3-1-2-13(10-15)12-26(24,25)22-7-4-14(5-8-22)17-21-20-16-11-19-6-9-23(16)17/h1-3,10,14,19H,4-9,11-12H2. The van der Waals surface area contributed by atoms with Gasteiger partial charge in [0.15, 0.2) is 0 Å². The Labute approximate surface area is 152 Å². The van der Waals surface area contributed by atoms with E-state index in [0.717, 1.165) is 44.1 Å². The second kappa shape index (κ2) is 7.05. The largest absolute Gasteiger partial charge is 0.312 e. The lowest BCUT2D eigenvalue weighted by atomic mass is 9.97. The summed E-state index contributed by atoms with van der Waals surface area (Å²) >= 11 is 0. The molecule has 1 N–H and O–H groups in total. The minimum absolute atomic E-state index is 0.165. The predicted octanol–water partition coefficient (Wildman–Crippen LogP) is 1.23. The summed E-state index contributed by atoms with van der Waals surface area (Å²) in [5.41, 5.74) is 0.478. The SMILES string of the molecule is O=S(=O)(Cc1cccc(F)c1)N1CCC(c2nnc3n2CCNC3)CC1. The summed E-state index contributed by atoms with van der Waals surface area (Å²) in [6.07, 6.45) is 1.46. The van der Waals surface area contributed by atoms with Crippen LogP contribution in [0.15, 0.2) is 24.3 Å². The van der Waals surface area contributed by atoms with E-state index >= 15 is 0 Å². The summed E-state index contributed by atoms with van der Waals surface area (Å²) in [6.45, 7) is 3.41. The Bertz CT molecular complexity index is 890. The highest BCUT2D eigenvalue weighted by atomic mass is 32.2. The van der Waals surface area contributed by atoms with Crippen molar-refractivity contribution in [2.45, 2.75) is 37.6 Å². The molecule has 1 aromatic heterocycles. The third-order valence-corrected chi connectivity index (χ3v) is 6.95. The Balaban J connectivity index is 1.42. The molecule has 140 valence electrons. The minimum Gasteiger partial charge on any atom is -0.312 e. The molecule has 9 heteroatoms. The summed E-state index contributed by atoms with van der Waals surface area (Å²) < 4.78 is 42.3. The van der Waals surface area contributed by atoms with Crippen LogP contribution < -0.4 is 5.32 Å². The molecule has 0 spiro atoms. The molecule has 3 heterocycles. The number of benzene rings is 1. The minimum atomic E-state index is -3.45. The van der Waals surface area contributed by atoms with Gasteiger partial charge in [-0.1, -0.05) is 12.1 Å². The zero-order chi connectivity index (χ0) is 18.1. The summed E-state index contributed by atoms with van der Waals surface area (Å²) in [7, 11) is -3.45. The van der Waals surface area contributed by atoms with Crippen molar-refractivity contribution in [1.29, 1.82) is 0 Å². The van der Waals surface area contributed by atoms with Crippen molar-refractivity contribution in [2.24, 2.45) is 0 Å². The lowest BCUT2D eigenvalue weighted by Gasteiger charge is -2.31. The number of aromatic nitrogens is 3. The molecule has 0 atom stereocenters. The van der Waals surface area contributed by atoms with E-state index in [1.807, 2.05) is 0 Å². The monoisotopic (exact) mass is 379 g/mol. The molecule has 1 saturated heterocycles. The highest BCUT2D eigenvalue weighted by Gasteiger charge is 2.31. The fourth-order valence-corrected chi connectivity index (χ4v) is 5.29. The van der Waals surface area contributed by atoms with E-state index in [4.69, 9.17) is 0 Å². The maximum atomic E-state index is 13.3. The number of rotatable bonds is 4. The summed E-state index contributed by atoms with van der Waals surface area (Å²) in [4.78, 5) is 0. The van der Waals surface area contributed by atoms with Gasteiger partial charge in [-0.25, -0.2) is 17.1 Å². The van der Waals surface area contributed by atoms with Crippen LogP contribution in [0.1, 0.15) is 36.0 Å². The molecule has 0 amide bonds. The van der Waals surface area contributed by atoms with Crippen molar-refractivity contribution in [3.05, 3.63) is 47.3 Å². The van der Waals surface area contributed by atoms with Crippen molar-refractivity contribution in [3.63, 3.8) is 0 Å². The van der Waals surface area contributed by atoms with Crippen molar-refractivity contribution >= 4 is 10.0 Å². The van der Waals surface area contributed by atoms with Crippen LogP contribution in [0.3, 0.4) is 0 Å². The summed E-state index contributed by atoms with van der Waals surface area (Å²) in [6, 6.07) is 5.77. The quantitative estimate of drug-likeness (QED) is 0.864. The van der Waals surface area contributed by atoms with E-state index in [9.17, 15) is 12.8 Å². The molecule has 2 aromatic rings. The highest BCUT2D eigenvalue weighted by molar-refractivity contribution is 7.88. The second-order valence-electron chi connectivity index (χ2n) is 6.86. The van der Waals surface area contributed by atoms with Gasteiger partial charge in [-0.2, -0.15) is 0 Å². The number of hydrogen-bond acceptors (Lipinski definition) is 5. The van der Waals surface area contributed by atoms with E-state index in [1.165, 1.54) is 22.5 Å². The molecule has 0 unspecified atom stereocenters. The fourth-order valence-electron chi connectivity index (χ4n) is 3.74. The molecule has 26 heavy (non-hydrogen) atoms. The van der Waals surface area contributed by atoms with Gasteiger partial charge in [0.2, 0.25) is 10.0 Å². The van der Waals surface area contributed by atoms with E-state index in [0.29, 0.717) is 18.7 Å². The Morgan fingerprint density at radius 2 is 2.00 bits per heavy atom. The van der Waals surface area contributed by atoms with E-state index < -0.39 is 15.8 Å². The molecule has 0 saturated carbocycles. The molecule has 1 aromatic carbocycles. The van der Waals surface area contributed by atoms with E-state index in [-0.39, 0.29) is 11.7 Å². The maximum Gasteiger partial charge on any atom is 0.218 e. The smallest absolute Gasteiger partial charge is 0.218 e. The van der Waals surface area contributed by atoms with Crippen molar-refractivity contribution in [3.8, 4) is 0 Å². The van der Waals surface area contributed by atoms with Gasteiger partial charge in [-0.15, -0.1) is 10.2 Å². The molecule has 4 rings (SSSR count). The van der Waals surface area contributed by atoms with Crippen LogP contribution in [0.25, 0.3) is 0 Å². The molecule has 2 aliphatic heterocycles. The number of halogens is 1. The first-order valence-corrected chi connectivity index (χ1v) is 10.5. The number of hydrogen-bond donors (Lipinski definition) is 1. The number of sulfonamides is 1. The number of nitrogens with zero attached hydrogens (tertiary/aromatic N) is 4. The van der Waals surface area contributed by atoms with Crippen molar-refractivity contribution in [2.75, 3.05) is 19.6 Å². The Kier molecular flexibility index (Phi) is 4.76. The van der Waals surface area contributed by atoms with Gasteiger partial charge in [0.25, 0.3) is 0 Å². The fraction of sp³-hybridized carbons (Fsp3) is 0.529. The molecule has 1 fully saturated rings. The molecule has 7 nitrogen and oxygen atoms in total. The highest BCUT2D eigenvalue weighted by Crippen LogP contribution is 2.29. The van der Waals surface area contributed by atoms with Crippen LogP contribution in [0.4, 0.5) is 4.39 Å². The molecule has 0 aliphatic carbocycles. The topological polar surface area (TPSA) is 80.1 Å². The molecule has 0 bridgehead atoms. The summed E-state index contributed by atoms with van der Waals surface area (Å²) in [5.74, 6) is 1.58. The van der Waals surface area contributed by atoms with E-state index in [1.54, 1.807) is 6.07 Å². The average molecular weight is 379 g/mol. The number of piperidine rings is 1. The van der Waals surface area contributed by atoms with Crippen LogP contribution >= 0.6 is 0 Å². The van der Waals surface area contributed by atoms with Gasteiger partial charge in [-0.3, -0.25) is 0 Å². The van der Waals surface area contributed by atoms with Gasteiger partial charge in [0.1, 0.15) is 17.5 Å². The van der Waals surface area contributed by atoms with Crippen molar-refractivity contribution in [1.82, 2.24) is 24.4 Å². The average Bonchev–Trinajstić information content (AvgIpc) is 3.05. The second-order valence-corrected chi connectivity index (χ2v) is 8.83. The Hall–Kier alpha value is -1.84. The van der Waals surface area contributed by atoms with Gasteiger partial charge >= 0.3 is 0 Å². The zero-order valence-electron chi connectivity index (χ0n) is 14.4. The maximum absolute atomic E-state index is 13.3. The Morgan fingerprint density at radius 1 is 1.19 bits per heavy atom. The van der Waals surface area contributed by atoms with Crippen LogP contribution in [-0.4, -0.2) is 47.1 Å². The third kappa shape index (κ3) is 3.51. The zero-order valence-corrected chi connectivity index (χ0v) is 15.3. The van der Waals surface area contributed by atoms with Gasteiger partial charge in [0.05, 0.1) is 12.3 Å². The Morgan fingerprint density at radius 3 is 2.77 bits per heavy atom.